The Balaban J connectivity index is 2.04. The quantitative estimate of drug-likeness (QED) is 0.782. The minimum absolute atomic E-state index is 0.453. The summed E-state index contributed by atoms with van der Waals surface area (Å²) in [7, 11) is 0. The molecule has 2 aromatic rings. The molecule has 0 radical (unpaired) electrons. The van der Waals surface area contributed by atoms with E-state index in [0.29, 0.717) is 23.3 Å². The van der Waals surface area contributed by atoms with Crippen LogP contribution in [0.5, 0.6) is 5.75 Å². The number of nitrogens with zero attached hydrogens (tertiary/aromatic N) is 1. The van der Waals surface area contributed by atoms with Crippen molar-refractivity contribution in [3.8, 4) is 5.75 Å². The Morgan fingerprint density at radius 1 is 1.38 bits per heavy atom. The Hall–Kier alpha value is -0.770. The molecule has 16 heavy (non-hydrogen) atoms. The van der Waals surface area contributed by atoms with Crippen LogP contribution in [0.3, 0.4) is 0 Å². The lowest BCUT2D eigenvalue weighted by atomic mass is 10.2. The molecule has 84 valence electrons. The van der Waals surface area contributed by atoms with E-state index in [4.69, 9.17) is 27.9 Å². The van der Waals surface area contributed by atoms with Crippen LogP contribution < -0.4 is 4.74 Å². The van der Waals surface area contributed by atoms with Crippen LogP contribution in [0.15, 0.2) is 29.9 Å². The van der Waals surface area contributed by atoms with E-state index in [0.717, 1.165) is 10.4 Å². The fourth-order valence-electron chi connectivity index (χ4n) is 1.21. The highest BCUT2D eigenvalue weighted by Crippen LogP contribution is 2.27. The van der Waals surface area contributed by atoms with Crippen molar-refractivity contribution in [2.24, 2.45) is 0 Å². The Bertz CT molecular complexity index is 459. The van der Waals surface area contributed by atoms with E-state index in [1.165, 1.54) is 0 Å². The lowest BCUT2D eigenvalue weighted by Gasteiger charge is -2.07. The zero-order valence-corrected chi connectivity index (χ0v) is 10.6. The summed E-state index contributed by atoms with van der Waals surface area (Å²) in [5, 5.41) is 0.586. The van der Waals surface area contributed by atoms with E-state index in [-0.39, 0.29) is 0 Å². The molecule has 0 spiro atoms. The predicted octanol–water partition coefficient (Wildman–Crippen LogP) is 4.11. The van der Waals surface area contributed by atoms with Gasteiger partial charge >= 0.3 is 0 Å². The number of aromatic nitrogens is 1. The maximum absolute atomic E-state index is 6.05. The van der Waals surface area contributed by atoms with Crippen LogP contribution in [0.1, 0.15) is 10.4 Å². The standard InChI is InChI=1S/C11H9Cl2NOS/c12-4-8-1-2-11(10(13)3-8)15-6-9-5-14-7-16-9/h1-3,5,7H,4,6H2. The first-order valence-corrected chi connectivity index (χ1v) is 6.43. The summed E-state index contributed by atoms with van der Waals surface area (Å²) >= 11 is 13.3. The first kappa shape index (κ1) is 11.7. The molecular weight excluding hydrogens is 265 g/mol. The Morgan fingerprint density at radius 2 is 2.25 bits per heavy atom. The van der Waals surface area contributed by atoms with Gasteiger partial charge in [-0.3, -0.25) is 4.98 Å². The molecule has 0 saturated carbocycles. The number of halogens is 2. The minimum Gasteiger partial charge on any atom is -0.486 e. The zero-order chi connectivity index (χ0) is 11.4. The molecule has 0 bridgehead atoms. The number of hydrogen-bond donors (Lipinski definition) is 0. The van der Waals surface area contributed by atoms with Gasteiger partial charge in [-0.1, -0.05) is 17.7 Å². The Kier molecular flexibility index (Phi) is 4.04. The van der Waals surface area contributed by atoms with E-state index < -0.39 is 0 Å². The Labute approximate surface area is 108 Å². The summed E-state index contributed by atoms with van der Waals surface area (Å²) in [6.07, 6.45) is 1.78. The average molecular weight is 274 g/mol. The van der Waals surface area contributed by atoms with Crippen LogP contribution in [-0.4, -0.2) is 4.98 Å². The maximum Gasteiger partial charge on any atom is 0.138 e. The van der Waals surface area contributed by atoms with Gasteiger partial charge in [-0.05, 0) is 17.7 Å². The second-order valence-corrected chi connectivity index (χ2v) is 4.80. The number of rotatable bonds is 4. The van der Waals surface area contributed by atoms with E-state index in [1.807, 2.05) is 18.2 Å². The van der Waals surface area contributed by atoms with Gasteiger partial charge in [0.1, 0.15) is 12.4 Å². The van der Waals surface area contributed by atoms with Gasteiger partial charge in [-0.25, -0.2) is 0 Å². The molecule has 2 rings (SSSR count). The maximum atomic E-state index is 6.05. The third kappa shape index (κ3) is 2.88. The molecule has 0 fully saturated rings. The van der Waals surface area contributed by atoms with Crippen molar-refractivity contribution in [1.82, 2.24) is 4.98 Å². The molecular formula is C11H9Cl2NOS. The number of thiazole rings is 1. The lowest BCUT2D eigenvalue weighted by Crippen LogP contribution is -1.94. The summed E-state index contributed by atoms with van der Waals surface area (Å²) in [5.41, 5.74) is 2.76. The van der Waals surface area contributed by atoms with Crippen molar-refractivity contribution < 1.29 is 4.74 Å². The number of alkyl halides is 1. The van der Waals surface area contributed by atoms with E-state index >= 15 is 0 Å². The molecule has 0 aliphatic rings. The number of hydrogen-bond acceptors (Lipinski definition) is 3. The van der Waals surface area contributed by atoms with E-state index in [9.17, 15) is 0 Å². The first-order valence-electron chi connectivity index (χ1n) is 4.64. The van der Waals surface area contributed by atoms with Gasteiger partial charge < -0.3 is 4.74 Å². The second kappa shape index (κ2) is 5.53. The summed E-state index contributed by atoms with van der Waals surface area (Å²) in [4.78, 5) is 5.04. The molecule has 1 heterocycles. The topological polar surface area (TPSA) is 22.1 Å². The van der Waals surface area contributed by atoms with Gasteiger partial charge in [-0.2, -0.15) is 0 Å². The fraction of sp³-hybridized carbons (Fsp3) is 0.182. The third-order valence-electron chi connectivity index (χ3n) is 2.00. The van der Waals surface area contributed by atoms with Crippen LogP contribution in [0.4, 0.5) is 0 Å². The van der Waals surface area contributed by atoms with Gasteiger partial charge in [-0.15, -0.1) is 22.9 Å². The lowest BCUT2D eigenvalue weighted by molar-refractivity contribution is 0.309. The van der Waals surface area contributed by atoms with Crippen LogP contribution in [-0.2, 0) is 12.5 Å². The number of ether oxygens (including phenoxy) is 1. The molecule has 0 aliphatic heterocycles. The second-order valence-electron chi connectivity index (χ2n) is 3.15. The molecule has 0 N–H and O–H groups in total. The highest BCUT2D eigenvalue weighted by molar-refractivity contribution is 7.09. The highest BCUT2D eigenvalue weighted by atomic mass is 35.5. The first-order chi connectivity index (χ1) is 7.79. The molecule has 5 heteroatoms. The van der Waals surface area contributed by atoms with Crippen molar-refractivity contribution in [1.29, 1.82) is 0 Å². The van der Waals surface area contributed by atoms with Crippen molar-refractivity contribution in [3.63, 3.8) is 0 Å². The van der Waals surface area contributed by atoms with Crippen molar-refractivity contribution in [3.05, 3.63) is 45.4 Å². The van der Waals surface area contributed by atoms with Crippen molar-refractivity contribution in [2.45, 2.75) is 12.5 Å². The fourth-order valence-corrected chi connectivity index (χ4v) is 2.14. The summed E-state index contributed by atoms with van der Waals surface area (Å²) in [6.45, 7) is 0.491. The Morgan fingerprint density at radius 3 is 2.88 bits per heavy atom. The molecule has 1 aromatic heterocycles. The minimum atomic E-state index is 0.453. The molecule has 0 saturated heterocycles. The van der Waals surface area contributed by atoms with Crippen molar-refractivity contribution >= 4 is 34.5 Å². The van der Waals surface area contributed by atoms with E-state index in [2.05, 4.69) is 4.98 Å². The third-order valence-corrected chi connectivity index (χ3v) is 3.36. The van der Waals surface area contributed by atoms with Gasteiger partial charge in [0.25, 0.3) is 0 Å². The average Bonchev–Trinajstić information content (AvgIpc) is 2.80. The molecule has 2 nitrogen and oxygen atoms in total. The predicted molar refractivity (Wildman–Crippen MR) is 67.5 cm³/mol. The summed E-state index contributed by atoms with van der Waals surface area (Å²) in [6, 6.07) is 5.55. The largest absolute Gasteiger partial charge is 0.486 e. The molecule has 0 unspecified atom stereocenters. The highest BCUT2D eigenvalue weighted by Gasteiger charge is 2.03. The molecule has 0 amide bonds. The van der Waals surface area contributed by atoms with Crippen LogP contribution in [0, 0.1) is 0 Å². The summed E-state index contributed by atoms with van der Waals surface area (Å²) in [5.74, 6) is 1.12. The van der Waals surface area contributed by atoms with Crippen LogP contribution in [0.25, 0.3) is 0 Å². The van der Waals surface area contributed by atoms with E-state index in [1.54, 1.807) is 23.0 Å². The molecule has 0 atom stereocenters. The molecule has 0 aliphatic carbocycles. The molecule has 1 aromatic carbocycles. The van der Waals surface area contributed by atoms with Gasteiger partial charge in [0, 0.05) is 12.1 Å². The smallest absolute Gasteiger partial charge is 0.138 e. The van der Waals surface area contributed by atoms with Crippen LogP contribution >= 0.6 is 34.5 Å². The van der Waals surface area contributed by atoms with Gasteiger partial charge in [0.05, 0.1) is 15.4 Å². The SMILES string of the molecule is ClCc1ccc(OCc2cncs2)c(Cl)c1. The van der Waals surface area contributed by atoms with Crippen molar-refractivity contribution in [2.75, 3.05) is 0 Å². The monoisotopic (exact) mass is 273 g/mol. The zero-order valence-electron chi connectivity index (χ0n) is 8.32. The normalized spacial score (nSPS) is 10.4. The van der Waals surface area contributed by atoms with Crippen LogP contribution in [0.2, 0.25) is 5.02 Å². The van der Waals surface area contributed by atoms with Gasteiger partial charge in [0.15, 0.2) is 0 Å². The number of benzene rings is 1. The summed E-state index contributed by atoms with van der Waals surface area (Å²) < 4.78 is 5.58. The van der Waals surface area contributed by atoms with Gasteiger partial charge in [0.2, 0.25) is 0 Å².